The van der Waals surface area contributed by atoms with Gasteiger partial charge in [-0.15, -0.1) is 0 Å². The topological polar surface area (TPSA) is 24.5 Å². The van der Waals surface area contributed by atoms with Gasteiger partial charge < -0.3 is 10.1 Å². The zero-order valence-electron chi connectivity index (χ0n) is 12.6. The lowest BCUT2D eigenvalue weighted by molar-refractivity contribution is 0.0378. The molecule has 3 atom stereocenters. The molecule has 2 aliphatic heterocycles. The minimum atomic E-state index is 0.394. The number of likely N-dealkylation sites (N-methyl/N-ethyl adjacent to an activating group) is 1. The van der Waals surface area contributed by atoms with E-state index in [9.17, 15) is 0 Å². The Morgan fingerprint density at radius 3 is 2.95 bits per heavy atom. The number of nitrogens with zero attached hydrogens (tertiary/aromatic N) is 1. The van der Waals surface area contributed by atoms with Gasteiger partial charge in [0.15, 0.2) is 0 Å². The first-order chi connectivity index (χ1) is 9.81. The Labute approximate surface area is 122 Å². The van der Waals surface area contributed by atoms with Crippen LogP contribution in [0.15, 0.2) is 24.3 Å². The van der Waals surface area contributed by atoms with Gasteiger partial charge in [0, 0.05) is 11.6 Å². The minimum Gasteiger partial charge on any atom is -0.492 e. The van der Waals surface area contributed by atoms with Gasteiger partial charge in [0.2, 0.25) is 0 Å². The number of likely N-dealkylation sites (tertiary alicyclic amines) is 1. The molecule has 0 aromatic heterocycles. The minimum absolute atomic E-state index is 0.394. The predicted molar refractivity (Wildman–Crippen MR) is 82.2 cm³/mol. The fourth-order valence-corrected chi connectivity index (χ4v) is 3.71. The summed E-state index contributed by atoms with van der Waals surface area (Å²) in [7, 11) is 0. The summed E-state index contributed by atoms with van der Waals surface area (Å²) < 4.78 is 6.03. The number of fused-ring (bicyclic) bond motifs is 1. The molecule has 3 rings (SSSR count). The maximum Gasteiger partial charge on any atom is 0.124 e. The zero-order valence-corrected chi connectivity index (χ0v) is 12.6. The summed E-state index contributed by atoms with van der Waals surface area (Å²) in [4.78, 5) is 2.66. The van der Waals surface area contributed by atoms with Crippen molar-refractivity contribution in [1.29, 1.82) is 0 Å². The number of hydrogen-bond donors (Lipinski definition) is 1. The number of hydrogen-bond acceptors (Lipinski definition) is 3. The quantitative estimate of drug-likeness (QED) is 0.917. The fraction of sp³-hybridized carbons (Fsp3) is 0.647. The highest BCUT2D eigenvalue weighted by molar-refractivity contribution is 5.38. The van der Waals surface area contributed by atoms with Gasteiger partial charge in [-0.3, -0.25) is 4.90 Å². The zero-order chi connectivity index (χ0) is 13.9. The molecule has 1 fully saturated rings. The van der Waals surface area contributed by atoms with Crippen LogP contribution < -0.4 is 10.1 Å². The first kappa shape index (κ1) is 13.9. The van der Waals surface area contributed by atoms with Gasteiger partial charge in [-0.1, -0.05) is 31.5 Å². The van der Waals surface area contributed by atoms with Gasteiger partial charge in [-0.05, 0) is 38.9 Å². The van der Waals surface area contributed by atoms with E-state index in [0.717, 1.165) is 18.9 Å². The highest BCUT2D eigenvalue weighted by Gasteiger charge is 2.36. The van der Waals surface area contributed by atoms with E-state index in [1.807, 2.05) is 0 Å². The van der Waals surface area contributed by atoms with E-state index in [4.69, 9.17) is 4.74 Å². The second kappa shape index (κ2) is 6.15. The van der Waals surface area contributed by atoms with E-state index in [1.165, 1.54) is 31.4 Å². The maximum absolute atomic E-state index is 6.03. The largest absolute Gasteiger partial charge is 0.492 e. The summed E-state index contributed by atoms with van der Waals surface area (Å²) in [6.45, 7) is 7.56. The molecule has 0 aliphatic carbocycles. The Morgan fingerprint density at radius 1 is 1.30 bits per heavy atom. The van der Waals surface area contributed by atoms with E-state index in [-0.39, 0.29) is 0 Å². The number of nitrogens with one attached hydrogen (secondary N) is 1. The summed E-state index contributed by atoms with van der Waals surface area (Å²) in [6.07, 6.45) is 4.01. The van der Waals surface area contributed by atoms with Crippen molar-refractivity contribution in [3.05, 3.63) is 29.8 Å². The molecule has 1 aromatic carbocycles. The molecule has 1 aromatic rings. The van der Waals surface area contributed by atoms with Crippen molar-refractivity contribution < 1.29 is 4.74 Å². The van der Waals surface area contributed by atoms with Gasteiger partial charge in [0.1, 0.15) is 12.4 Å². The van der Waals surface area contributed by atoms with E-state index >= 15 is 0 Å². The molecule has 110 valence electrons. The van der Waals surface area contributed by atoms with E-state index < -0.39 is 0 Å². The van der Waals surface area contributed by atoms with Crippen molar-refractivity contribution in [3.63, 3.8) is 0 Å². The Bertz CT molecular complexity index is 448. The predicted octanol–water partition coefficient (Wildman–Crippen LogP) is 2.97. The Hall–Kier alpha value is -1.06. The molecule has 0 bridgehead atoms. The summed E-state index contributed by atoms with van der Waals surface area (Å²) >= 11 is 0. The number of piperidine rings is 1. The summed E-state index contributed by atoms with van der Waals surface area (Å²) in [6, 6.07) is 10.0. The van der Waals surface area contributed by atoms with Gasteiger partial charge >= 0.3 is 0 Å². The molecule has 1 saturated heterocycles. The molecule has 0 amide bonds. The van der Waals surface area contributed by atoms with Crippen molar-refractivity contribution in [2.45, 2.75) is 51.2 Å². The van der Waals surface area contributed by atoms with E-state index in [0.29, 0.717) is 18.1 Å². The van der Waals surface area contributed by atoms with Crippen molar-refractivity contribution in [3.8, 4) is 5.75 Å². The third-order valence-electron chi connectivity index (χ3n) is 4.75. The third kappa shape index (κ3) is 2.57. The molecular formula is C17H26N2O. The standard InChI is InChI=1S/C17H26N2O/c1-3-18-17-14-9-4-5-10-16(14)20-12-15(17)19-11-7-6-8-13(19)2/h4-5,9-10,13,15,17-18H,3,6-8,11-12H2,1-2H3. The van der Waals surface area contributed by atoms with Gasteiger partial charge in [0.05, 0.1) is 12.1 Å². The van der Waals surface area contributed by atoms with Crippen molar-refractivity contribution in [1.82, 2.24) is 10.2 Å². The Kier molecular flexibility index (Phi) is 4.27. The molecule has 3 heteroatoms. The Balaban J connectivity index is 1.87. The second-order valence-corrected chi connectivity index (χ2v) is 6.03. The Morgan fingerprint density at radius 2 is 2.15 bits per heavy atom. The molecule has 3 nitrogen and oxygen atoms in total. The molecule has 0 radical (unpaired) electrons. The van der Waals surface area contributed by atoms with Crippen LogP contribution in [0.3, 0.4) is 0 Å². The third-order valence-corrected chi connectivity index (χ3v) is 4.75. The monoisotopic (exact) mass is 274 g/mol. The van der Waals surface area contributed by atoms with Crippen LogP contribution in [0.1, 0.15) is 44.7 Å². The maximum atomic E-state index is 6.03. The first-order valence-electron chi connectivity index (χ1n) is 8.02. The van der Waals surface area contributed by atoms with Crippen molar-refractivity contribution in [2.24, 2.45) is 0 Å². The normalized spacial score (nSPS) is 30.6. The molecule has 1 N–H and O–H groups in total. The number of para-hydroxylation sites is 1. The van der Waals surface area contributed by atoms with Crippen LogP contribution in [0.4, 0.5) is 0 Å². The lowest BCUT2D eigenvalue weighted by atomic mass is 9.91. The van der Waals surface area contributed by atoms with Crippen LogP contribution in [-0.4, -0.2) is 36.7 Å². The van der Waals surface area contributed by atoms with E-state index in [1.54, 1.807) is 0 Å². The molecule has 0 spiro atoms. The molecule has 0 saturated carbocycles. The average Bonchev–Trinajstić information content (AvgIpc) is 2.49. The highest BCUT2D eigenvalue weighted by atomic mass is 16.5. The summed E-state index contributed by atoms with van der Waals surface area (Å²) in [5.74, 6) is 1.05. The van der Waals surface area contributed by atoms with Gasteiger partial charge in [-0.2, -0.15) is 0 Å². The molecule has 2 heterocycles. The van der Waals surface area contributed by atoms with Gasteiger partial charge in [-0.25, -0.2) is 0 Å². The van der Waals surface area contributed by atoms with Crippen LogP contribution in [0.2, 0.25) is 0 Å². The van der Waals surface area contributed by atoms with Crippen LogP contribution in [0, 0.1) is 0 Å². The smallest absolute Gasteiger partial charge is 0.124 e. The van der Waals surface area contributed by atoms with Crippen LogP contribution in [-0.2, 0) is 0 Å². The molecule has 20 heavy (non-hydrogen) atoms. The lowest BCUT2D eigenvalue weighted by Gasteiger charge is -2.45. The van der Waals surface area contributed by atoms with E-state index in [2.05, 4.69) is 48.3 Å². The average molecular weight is 274 g/mol. The SMILES string of the molecule is CCNC1c2ccccc2OCC1N1CCCCC1C. The van der Waals surface area contributed by atoms with Crippen LogP contribution >= 0.6 is 0 Å². The van der Waals surface area contributed by atoms with Crippen molar-refractivity contribution >= 4 is 0 Å². The van der Waals surface area contributed by atoms with Gasteiger partial charge in [0.25, 0.3) is 0 Å². The lowest BCUT2D eigenvalue weighted by Crippen LogP contribution is -2.54. The second-order valence-electron chi connectivity index (χ2n) is 6.03. The van der Waals surface area contributed by atoms with Crippen LogP contribution in [0.5, 0.6) is 5.75 Å². The number of rotatable bonds is 3. The summed E-state index contributed by atoms with van der Waals surface area (Å²) in [5, 5.41) is 3.69. The molecule has 3 unspecified atom stereocenters. The molecule has 2 aliphatic rings. The number of ether oxygens (including phenoxy) is 1. The van der Waals surface area contributed by atoms with Crippen LogP contribution in [0.25, 0.3) is 0 Å². The first-order valence-corrected chi connectivity index (χ1v) is 8.02. The highest BCUT2D eigenvalue weighted by Crippen LogP contribution is 2.36. The number of benzene rings is 1. The summed E-state index contributed by atoms with van der Waals surface area (Å²) in [5.41, 5.74) is 1.32. The molecular weight excluding hydrogens is 248 g/mol. The van der Waals surface area contributed by atoms with Crippen molar-refractivity contribution in [2.75, 3.05) is 19.7 Å². The fourth-order valence-electron chi connectivity index (χ4n) is 3.71.